The fourth-order valence-electron chi connectivity index (χ4n) is 2.27. The lowest BCUT2D eigenvalue weighted by Crippen LogP contribution is -2.00. The van der Waals surface area contributed by atoms with Crippen molar-refractivity contribution >= 4 is 11.3 Å². The van der Waals surface area contributed by atoms with Gasteiger partial charge in [0.2, 0.25) is 0 Å². The minimum absolute atomic E-state index is 1.11. The summed E-state index contributed by atoms with van der Waals surface area (Å²) < 4.78 is 0. The van der Waals surface area contributed by atoms with E-state index in [1.54, 1.807) is 0 Å². The zero-order chi connectivity index (χ0) is 11.0. The van der Waals surface area contributed by atoms with Crippen LogP contribution in [-0.4, -0.2) is 0 Å². The second-order valence-corrected chi connectivity index (χ2v) is 5.25. The van der Waals surface area contributed by atoms with Gasteiger partial charge in [-0.2, -0.15) is 0 Å². The van der Waals surface area contributed by atoms with Gasteiger partial charge in [0.1, 0.15) is 0 Å². The third kappa shape index (κ3) is 1.69. The quantitative estimate of drug-likeness (QED) is 0.672. The first kappa shape index (κ1) is 10.1. The number of aryl methyl sites for hydroxylation is 2. The highest BCUT2D eigenvalue weighted by Crippen LogP contribution is 2.32. The summed E-state index contributed by atoms with van der Waals surface area (Å²) in [5, 5.41) is 2.16. The van der Waals surface area contributed by atoms with Crippen molar-refractivity contribution in [3.05, 3.63) is 52.8 Å². The summed E-state index contributed by atoms with van der Waals surface area (Å²) in [4.78, 5) is 1.40. The number of hydrogen-bond donors (Lipinski definition) is 0. The summed E-state index contributed by atoms with van der Waals surface area (Å²) in [5.74, 6) is 0. The molecule has 0 bridgehead atoms. The van der Waals surface area contributed by atoms with Crippen LogP contribution in [0.5, 0.6) is 0 Å². The van der Waals surface area contributed by atoms with E-state index in [-0.39, 0.29) is 0 Å². The van der Waals surface area contributed by atoms with Gasteiger partial charge in [-0.3, -0.25) is 0 Å². The van der Waals surface area contributed by atoms with E-state index in [0.29, 0.717) is 0 Å². The van der Waals surface area contributed by atoms with Gasteiger partial charge in [0.15, 0.2) is 0 Å². The van der Waals surface area contributed by atoms with Crippen LogP contribution in [-0.2, 0) is 6.42 Å². The Hall–Kier alpha value is -1.08. The summed E-state index contributed by atoms with van der Waals surface area (Å²) in [7, 11) is 0. The lowest BCUT2D eigenvalue weighted by Gasteiger charge is -2.15. The van der Waals surface area contributed by atoms with Gasteiger partial charge in [-0.05, 0) is 66.0 Å². The molecule has 0 fully saturated rings. The molecule has 3 rings (SSSR count). The SMILES string of the molecule is Cc1ccsc1-c1ccc2c(c1)[C]CCC2. The van der Waals surface area contributed by atoms with Gasteiger partial charge < -0.3 is 0 Å². The first-order valence-electron chi connectivity index (χ1n) is 5.76. The number of benzene rings is 1. The molecule has 0 saturated carbocycles. The van der Waals surface area contributed by atoms with Crippen molar-refractivity contribution in [2.24, 2.45) is 0 Å². The van der Waals surface area contributed by atoms with Gasteiger partial charge in [0.25, 0.3) is 0 Å². The number of fused-ring (bicyclic) bond motifs is 1. The Morgan fingerprint density at radius 3 is 3.00 bits per heavy atom. The van der Waals surface area contributed by atoms with E-state index in [9.17, 15) is 0 Å². The molecular formula is C15H14S. The van der Waals surface area contributed by atoms with E-state index >= 15 is 0 Å². The topological polar surface area (TPSA) is 0 Å². The highest BCUT2D eigenvalue weighted by molar-refractivity contribution is 7.13. The van der Waals surface area contributed by atoms with Crippen molar-refractivity contribution in [2.75, 3.05) is 0 Å². The van der Waals surface area contributed by atoms with E-state index in [2.05, 4.69) is 43.0 Å². The number of rotatable bonds is 1. The Kier molecular flexibility index (Phi) is 2.56. The lowest BCUT2D eigenvalue weighted by molar-refractivity contribution is 0.775. The van der Waals surface area contributed by atoms with Gasteiger partial charge in [0.05, 0.1) is 0 Å². The van der Waals surface area contributed by atoms with Crippen LogP contribution >= 0.6 is 11.3 Å². The van der Waals surface area contributed by atoms with Crippen LogP contribution in [0.4, 0.5) is 0 Å². The predicted octanol–water partition coefficient (Wildman–Crippen LogP) is 4.49. The van der Waals surface area contributed by atoms with Crippen LogP contribution in [0.1, 0.15) is 29.5 Å². The minimum Gasteiger partial charge on any atom is -0.144 e. The van der Waals surface area contributed by atoms with E-state index in [1.165, 1.54) is 40.0 Å². The molecule has 1 aromatic heterocycles. The van der Waals surface area contributed by atoms with Crippen molar-refractivity contribution in [3.63, 3.8) is 0 Å². The summed E-state index contributed by atoms with van der Waals surface area (Å²) >= 11 is 1.83. The Labute approximate surface area is 101 Å². The molecule has 0 amide bonds. The van der Waals surface area contributed by atoms with E-state index in [0.717, 1.165) is 6.42 Å². The number of thiophene rings is 1. The molecule has 1 aliphatic rings. The summed E-state index contributed by atoms with van der Waals surface area (Å²) in [6.07, 6.45) is 7.07. The van der Waals surface area contributed by atoms with Gasteiger partial charge >= 0.3 is 0 Å². The maximum Gasteiger partial charge on any atom is 0.0371 e. The molecule has 0 unspecified atom stereocenters. The summed E-state index contributed by atoms with van der Waals surface area (Å²) in [6, 6.07) is 9.01. The summed E-state index contributed by atoms with van der Waals surface area (Å²) in [5.41, 5.74) is 5.52. The third-order valence-corrected chi connectivity index (χ3v) is 4.24. The van der Waals surface area contributed by atoms with Crippen LogP contribution in [0, 0.1) is 13.3 Å². The van der Waals surface area contributed by atoms with Gasteiger partial charge in [-0.1, -0.05) is 12.1 Å². The van der Waals surface area contributed by atoms with Crippen molar-refractivity contribution < 1.29 is 0 Å². The Balaban J connectivity index is 2.06. The molecule has 0 atom stereocenters. The zero-order valence-electron chi connectivity index (χ0n) is 9.42. The van der Waals surface area contributed by atoms with Gasteiger partial charge in [0, 0.05) is 11.3 Å². The molecule has 16 heavy (non-hydrogen) atoms. The molecule has 0 saturated heterocycles. The Morgan fingerprint density at radius 2 is 2.19 bits per heavy atom. The lowest BCUT2D eigenvalue weighted by atomic mass is 9.90. The predicted molar refractivity (Wildman–Crippen MR) is 69.8 cm³/mol. The molecule has 80 valence electrons. The van der Waals surface area contributed by atoms with Crippen molar-refractivity contribution in [1.29, 1.82) is 0 Å². The molecule has 0 nitrogen and oxygen atoms in total. The molecule has 0 spiro atoms. The standard InChI is InChI=1S/C15H14S/c1-11-8-9-16-15(11)14-7-6-12-4-2-3-5-13(12)10-14/h6-10H,2-4H2,1H3. The molecule has 0 aliphatic heterocycles. The monoisotopic (exact) mass is 226 g/mol. The van der Waals surface area contributed by atoms with Crippen LogP contribution in [0.25, 0.3) is 10.4 Å². The number of hydrogen-bond acceptors (Lipinski definition) is 1. The largest absolute Gasteiger partial charge is 0.144 e. The van der Waals surface area contributed by atoms with E-state index in [4.69, 9.17) is 0 Å². The molecule has 2 aromatic rings. The third-order valence-electron chi connectivity index (χ3n) is 3.17. The van der Waals surface area contributed by atoms with Crippen LogP contribution < -0.4 is 0 Å². The van der Waals surface area contributed by atoms with Crippen LogP contribution in [0.2, 0.25) is 0 Å². The molecule has 1 heterocycles. The fraction of sp³-hybridized carbons (Fsp3) is 0.267. The fourth-order valence-corrected chi connectivity index (χ4v) is 3.20. The van der Waals surface area contributed by atoms with Gasteiger partial charge in [-0.15, -0.1) is 11.3 Å². The zero-order valence-corrected chi connectivity index (χ0v) is 10.2. The van der Waals surface area contributed by atoms with Crippen molar-refractivity contribution in [2.45, 2.75) is 26.2 Å². The highest BCUT2D eigenvalue weighted by Gasteiger charge is 2.11. The normalized spacial score (nSPS) is 14.8. The Bertz CT molecular complexity index is 508. The van der Waals surface area contributed by atoms with Crippen LogP contribution in [0.3, 0.4) is 0 Å². The first-order valence-corrected chi connectivity index (χ1v) is 6.64. The summed E-state index contributed by atoms with van der Waals surface area (Å²) in [6.45, 7) is 2.18. The Morgan fingerprint density at radius 1 is 1.25 bits per heavy atom. The molecule has 1 aromatic carbocycles. The maximum atomic E-state index is 3.49. The van der Waals surface area contributed by atoms with Crippen molar-refractivity contribution in [1.82, 2.24) is 0 Å². The molecule has 2 radical (unpaired) electrons. The molecule has 1 heteroatoms. The second kappa shape index (κ2) is 4.06. The van der Waals surface area contributed by atoms with Gasteiger partial charge in [-0.25, -0.2) is 0 Å². The second-order valence-electron chi connectivity index (χ2n) is 4.33. The average molecular weight is 226 g/mol. The molecule has 1 aliphatic carbocycles. The molecular weight excluding hydrogens is 212 g/mol. The molecule has 0 N–H and O–H groups in total. The smallest absolute Gasteiger partial charge is 0.0371 e. The first-order chi connectivity index (χ1) is 7.84. The minimum atomic E-state index is 1.11. The van der Waals surface area contributed by atoms with Crippen molar-refractivity contribution in [3.8, 4) is 10.4 Å². The van der Waals surface area contributed by atoms with E-state index < -0.39 is 0 Å². The average Bonchev–Trinajstić information content (AvgIpc) is 2.75. The van der Waals surface area contributed by atoms with Crippen LogP contribution in [0.15, 0.2) is 29.6 Å². The maximum absolute atomic E-state index is 3.49. The van der Waals surface area contributed by atoms with E-state index in [1.807, 2.05) is 11.3 Å². The highest BCUT2D eigenvalue weighted by atomic mass is 32.1.